The molecule has 0 aliphatic rings. The second-order valence-corrected chi connectivity index (χ2v) is 1.92. The van der Waals surface area contributed by atoms with Gasteiger partial charge in [0.2, 0.25) is 5.69 Å². The molecule has 0 saturated carbocycles. The van der Waals surface area contributed by atoms with Gasteiger partial charge >= 0.3 is 19.5 Å². The van der Waals surface area contributed by atoms with E-state index >= 15 is 0 Å². The van der Waals surface area contributed by atoms with Crippen molar-refractivity contribution in [3.8, 4) is 0 Å². The molecule has 0 spiro atoms. The molecule has 0 N–H and O–H groups in total. The fourth-order valence-corrected chi connectivity index (χ4v) is 0.618. The molecule has 5 heteroatoms. The number of halogens is 1. The van der Waals surface area contributed by atoms with Crippen LogP contribution < -0.4 is 17.0 Å². The third kappa shape index (κ3) is 3.83. The summed E-state index contributed by atoms with van der Waals surface area (Å²) >= 11 is 0. The Labute approximate surface area is 93.8 Å². The molecule has 1 aromatic rings. The Morgan fingerprint density at radius 3 is 2.00 bits per heavy atom. The zero-order valence-corrected chi connectivity index (χ0v) is 10.9. The Kier molecular flexibility index (Phi) is 7.24. The van der Waals surface area contributed by atoms with Crippen LogP contribution in [0.25, 0.3) is 0 Å². The largest absolute Gasteiger partial charge is 2.00 e. The molecule has 0 fully saturated rings. The molecule has 3 nitrogen and oxygen atoms in total. The summed E-state index contributed by atoms with van der Waals surface area (Å²) in [4.78, 5) is 9.67. The van der Waals surface area contributed by atoms with Crippen LogP contribution >= 0.6 is 0 Å². The second kappa shape index (κ2) is 6.15. The maximum Gasteiger partial charge on any atom is 2.00 e. The van der Waals surface area contributed by atoms with Crippen molar-refractivity contribution < 1.29 is 41.4 Å². The SMILES string of the molecule is [Br-].[CH2-]c1ccc([N+](=O)[O-])cc1.[Zn+2]. The van der Waals surface area contributed by atoms with Gasteiger partial charge in [0.15, 0.2) is 0 Å². The van der Waals surface area contributed by atoms with Crippen LogP contribution in [0, 0.1) is 17.0 Å². The van der Waals surface area contributed by atoms with Gasteiger partial charge in [-0.15, -0.1) is 0 Å². The number of hydrogen-bond acceptors (Lipinski definition) is 2. The standard InChI is InChI=1S/C7H6NO2.BrH.Zn/c1-6-2-4-7(5-3-6)8(9)10;;/h2-5H,1H2;1H;/q-1;;+2/p-1. The maximum absolute atomic E-state index is 10.1. The first-order chi connectivity index (χ1) is 4.70. The molecule has 0 heterocycles. The van der Waals surface area contributed by atoms with Crippen LogP contribution in [-0.2, 0) is 19.5 Å². The molecule has 1 aromatic carbocycles. The smallest absolute Gasteiger partial charge is 1.00 e. The predicted octanol–water partition coefficient (Wildman–Crippen LogP) is -1.22. The molecule has 0 amide bonds. The van der Waals surface area contributed by atoms with Crippen LogP contribution in [0.2, 0.25) is 0 Å². The van der Waals surface area contributed by atoms with Gasteiger partial charge in [0, 0.05) is 0 Å². The number of rotatable bonds is 1. The van der Waals surface area contributed by atoms with E-state index in [1.54, 1.807) is 12.1 Å². The van der Waals surface area contributed by atoms with E-state index in [1.807, 2.05) is 0 Å². The van der Waals surface area contributed by atoms with Crippen LogP contribution in [0.1, 0.15) is 5.56 Å². The van der Waals surface area contributed by atoms with E-state index in [4.69, 9.17) is 0 Å². The monoisotopic (exact) mass is 279 g/mol. The number of nitro groups is 1. The van der Waals surface area contributed by atoms with Crippen molar-refractivity contribution in [1.82, 2.24) is 0 Å². The second-order valence-electron chi connectivity index (χ2n) is 1.92. The van der Waals surface area contributed by atoms with E-state index in [9.17, 15) is 10.1 Å². The van der Waals surface area contributed by atoms with Crippen LogP contribution in [0.4, 0.5) is 5.69 Å². The van der Waals surface area contributed by atoms with Crippen molar-refractivity contribution in [2.45, 2.75) is 0 Å². The van der Waals surface area contributed by atoms with Crippen LogP contribution in [0.5, 0.6) is 0 Å². The van der Waals surface area contributed by atoms with Gasteiger partial charge in [-0.05, 0) is 12.1 Å². The van der Waals surface area contributed by atoms with Gasteiger partial charge in [-0.25, -0.2) is 0 Å². The first-order valence-electron chi connectivity index (χ1n) is 2.76. The molecule has 0 saturated heterocycles. The van der Waals surface area contributed by atoms with E-state index in [-0.39, 0.29) is 42.1 Å². The Morgan fingerprint density at radius 2 is 1.67 bits per heavy atom. The van der Waals surface area contributed by atoms with Crippen molar-refractivity contribution in [3.05, 3.63) is 46.9 Å². The fraction of sp³-hybridized carbons (Fsp3) is 0. The number of non-ortho nitro benzene ring substituents is 1. The average molecular weight is 281 g/mol. The van der Waals surface area contributed by atoms with Crippen LogP contribution in [-0.4, -0.2) is 4.92 Å². The first kappa shape index (κ1) is 14.1. The van der Waals surface area contributed by atoms with Gasteiger partial charge in [-0.3, -0.25) is 10.1 Å². The molecular formula is C7H6BrNO2Zn. The molecule has 0 aromatic heterocycles. The van der Waals surface area contributed by atoms with Crippen molar-refractivity contribution in [2.75, 3.05) is 0 Å². The maximum atomic E-state index is 10.1. The topological polar surface area (TPSA) is 43.1 Å². The van der Waals surface area contributed by atoms with Crippen LogP contribution in [0.15, 0.2) is 24.3 Å². The summed E-state index contributed by atoms with van der Waals surface area (Å²) in [6, 6.07) is 6.08. The fourth-order valence-electron chi connectivity index (χ4n) is 0.618. The summed E-state index contributed by atoms with van der Waals surface area (Å²) in [5.41, 5.74) is 0.887. The van der Waals surface area contributed by atoms with Gasteiger partial charge in [-0.2, -0.15) is 24.6 Å². The van der Waals surface area contributed by atoms with E-state index in [1.165, 1.54) is 12.1 Å². The zero-order valence-electron chi connectivity index (χ0n) is 6.37. The quantitative estimate of drug-likeness (QED) is 0.280. The number of benzene rings is 1. The molecule has 0 atom stereocenters. The molecule has 0 unspecified atom stereocenters. The number of nitro benzene ring substituents is 1. The summed E-state index contributed by atoms with van der Waals surface area (Å²) in [7, 11) is 0. The molecule has 1 rings (SSSR count). The van der Waals surface area contributed by atoms with E-state index in [2.05, 4.69) is 6.92 Å². The summed E-state index contributed by atoms with van der Waals surface area (Å²) in [5.74, 6) is 0. The molecule has 0 bridgehead atoms. The van der Waals surface area contributed by atoms with E-state index in [0.717, 1.165) is 5.56 Å². The van der Waals surface area contributed by atoms with Gasteiger partial charge in [0.25, 0.3) is 0 Å². The summed E-state index contributed by atoms with van der Waals surface area (Å²) < 4.78 is 0. The minimum Gasteiger partial charge on any atom is -1.00 e. The Morgan fingerprint density at radius 1 is 1.25 bits per heavy atom. The van der Waals surface area contributed by atoms with Gasteiger partial charge in [0.1, 0.15) is 0 Å². The van der Waals surface area contributed by atoms with E-state index in [0.29, 0.717) is 0 Å². The van der Waals surface area contributed by atoms with Gasteiger partial charge in [0.05, 0.1) is 4.92 Å². The average Bonchev–Trinajstić information content (AvgIpc) is 1.88. The molecule has 0 radical (unpaired) electrons. The summed E-state index contributed by atoms with van der Waals surface area (Å²) in [6.45, 7) is 3.60. The molecule has 0 aliphatic carbocycles. The predicted molar refractivity (Wildman–Crippen MR) is 37.6 cm³/mol. The zero-order chi connectivity index (χ0) is 7.56. The molecular weight excluding hydrogens is 275 g/mol. The third-order valence-corrected chi connectivity index (χ3v) is 1.15. The minimum atomic E-state index is -0.431. The van der Waals surface area contributed by atoms with Crippen molar-refractivity contribution >= 4 is 5.69 Å². The first-order valence-corrected chi connectivity index (χ1v) is 2.76. The van der Waals surface area contributed by atoms with Crippen molar-refractivity contribution in [1.29, 1.82) is 0 Å². The molecule has 12 heavy (non-hydrogen) atoms. The van der Waals surface area contributed by atoms with Crippen LogP contribution in [0.3, 0.4) is 0 Å². The number of hydrogen-bond donors (Lipinski definition) is 0. The number of nitrogens with zero attached hydrogens (tertiary/aromatic N) is 1. The Balaban J connectivity index is 0. The molecule has 0 aliphatic heterocycles. The van der Waals surface area contributed by atoms with Crippen molar-refractivity contribution in [2.24, 2.45) is 0 Å². The third-order valence-electron chi connectivity index (χ3n) is 1.15. The summed E-state index contributed by atoms with van der Waals surface area (Å²) in [5, 5.41) is 10.1. The normalized spacial score (nSPS) is 7.67. The van der Waals surface area contributed by atoms with Crippen molar-refractivity contribution in [3.63, 3.8) is 0 Å². The Bertz CT molecular complexity index is 250. The van der Waals surface area contributed by atoms with Gasteiger partial charge in [-0.1, -0.05) is 0 Å². The van der Waals surface area contributed by atoms with Gasteiger partial charge < -0.3 is 17.0 Å². The minimum absolute atomic E-state index is 0. The Hall–Kier alpha value is -0.407. The summed E-state index contributed by atoms with van der Waals surface area (Å²) in [6.07, 6.45) is 0. The van der Waals surface area contributed by atoms with E-state index < -0.39 is 4.92 Å². The molecule has 60 valence electrons.